The number of nitrogens with one attached hydrogen (secondary N) is 1. The van der Waals surface area contributed by atoms with Crippen LogP contribution in [0.25, 0.3) is 0 Å². The van der Waals surface area contributed by atoms with Crippen molar-refractivity contribution in [1.29, 1.82) is 5.26 Å². The molecule has 1 N–H and O–H groups in total. The van der Waals surface area contributed by atoms with Crippen LogP contribution in [0.1, 0.15) is 36.8 Å². The fourth-order valence-electron chi connectivity index (χ4n) is 4.24. The number of amides is 1. The highest BCUT2D eigenvalue weighted by Gasteiger charge is 2.44. The number of anilines is 1. The summed E-state index contributed by atoms with van der Waals surface area (Å²) in [6.07, 6.45) is 3.00. The average molecular weight is 454 g/mol. The van der Waals surface area contributed by atoms with Crippen LogP contribution >= 0.6 is 0 Å². The molecule has 0 spiro atoms. The van der Waals surface area contributed by atoms with Gasteiger partial charge in [-0.05, 0) is 74.1 Å². The fourth-order valence-corrected chi connectivity index (χ4v) is 5.85. The molecule has 1 heterocycles. The van der Waals surface area contributed by atoms with Crippen LogP contribution < -0.4 is 10.1 Å². The van der Waals surface area contributed by atoms with Gasteiger partial charge in [-0.3, -0.25) is 4.79 Å². The number of carbonyl (C=O) groups excluding carboxylic acids is 1. The molecule has 4 rings (SSSR count). The zero-order valence-corrected chi connectivity index (χ0v) is 19.1. The van der Waals surface area contributed by atoms with Crippen molar-refractivity contribution in [3.8, 4) is 11.8 Å². The van der Waals surface area contributed by atoms with E-state index in [9.17, 15) is 18.5 Å². The summed E-state index contributed by atoms with van der Waals surface area (Å²) in [5, 5.41) is 12.2. The van der Waals surface area contributed by atoms with E-state index in [-0.39, 0.29) is 22.8 Å². The predicted molar refractivity (Wildman–Crippen MR) is 121 cm³/mol. The standard InChI is InChI=1S/C24H27N3O4S/c1-17-14-21(9-10-22(17)31-2)32(29,30)27-13-3-4-18(15-27)23(28)26-20-7-5-19(6-8-20)24(16-25)11-12-24/h5-10,14,18H,3-4,11-13,15H2,1-2H3,(H,26,28)/t18-/m0/s1. The Hall–Kier alpha value is -2.89. The maximum atomic E-state index is 13.2. The van der Waals surface area contributed by atoms with E-state index in [1.807, 2.05) is 24.3 Å². The third kappa shape index (κ3) is 4.23. The summed E-state index contributed by atoms with van der Waals surface area (Å²) in [5.74, 6) is 0.0182. The lowest BCUT2D eigenvalue weighted by atomic mass is 9.97. The van der Waals surface area contributed by atoms with Crippen molar-refractivity contribution in [2.45, 2.75) is 42.9 Å². The van der Waals surface area contributed by atoms with Crippen LogP contribution in [0.4, 0.5) is 5.69 Å². The molecule has 2 aromatic rings. The lowest BCUT2D eigenvalue weighted by molar-refractivity contribution is -0.120. The number of carbonyl (C=O) groups is 1. The largest absolute Gasteiger partial charge is 0.496 e. The number of hydrogen-bond donors (Lipinski definition) is 1. The number of ether oxygens (including phenoxy) is 1. The van der Waals surface area contributed by atoms with Crippen LogP contribution in [-0.4, -0.2) is 38.8 Å². The molecule has 1 aliphatic carbocycles. The monoisotopic (exact) mass is 453 g/mol. The normalized spacial score (nSPS) is 20.2. The second-order valence-electron chi connectivity index (χ2n) is 8.59. The van der Waals surface area contributed by atoms with E-state index in [1.165, 1.54) is 4.31 Å². The topological polar surface area (TPSA) is 99.5 Å². The van der Waals surface area contributed by atoms with Gasteiger partial charge < -0.3 is 10.1 Å². The van der Waals surface area contributed by atoms with Crippen molar-refractivity contribution in [2.75, 3.05) is 25.5 Å². The number of aryl methyl sites for hydroxylation is 1. The molecule has 8 heteroatoms. The average Bonchev–Trinajstić information content (AvgIpc) is 3.61. The number of methoxy groups -OCH3 is 1. The summed E-state index contributed by atoms with van der Waals surface area (Å²) in [5.41, 5.74) is 2.01. The maximum absolute atomic E-state index is 13.2. The summed E-state index contributed by atoms with van der Waals surface area (Å²) < 4.78 is 32.9. The van der Waals surface area contributed by atoms with Crippen molar-refractivity contribution in [2.24, 2.45) is 5.92 Å². The minimum Gasteiger partial charge on any atom is -0.496 e. The molecule has 32 heavy (non-hydrogen) atoms. The van der Waals surface area contributed by atoms with E-state index in [0.29, 0.717) is 30.8 Å². The van der Waals surface area contributed by atoms with E-state index in [2.05, 4.69) is 11.4 Å². The molecule has 0 aromatic heterocycles. The van der Waals surface area contributed by atoms with Crippen LogP contribution in [0.5, 0.6) is 5.75 Å². The van der Waals surface area contributed by atoms with Crippen LogP contribution in [0.2, 0.25) is 0 Å². The third-order valence-electron chi connectivity index (χ3n) is 6.43. The molecule has 1 saturated heterocycles. The lowest BCUT2D eigenvalue weighted by Crippen LogP contribution is -2.43. The fraction of sp³-hybridized carbons (Fsp3) is 0.417. The van der Waals surface area contributed by atoms with E-state index >= 15 is 0 Å². The quantitative estimate of drug-likeness (QED) is 0.720. The molecular weight excluding hydrogens is 426 g/mol. The lowest BCUT2D eigenvalue weighted by Gasteiger charge is -2.31. The number of sulfonamides is 1. The molecule has 1 atom stereocenters. The van der Waals surface area contributed by atoms with E-state index in [0.717, 1.165) is 24.0 Å². The molecule has 1 amide bonds. The molecule has 0 bridgehead atoms. The zero-order valence-electron chi connectivity index (χ0n) is 18.3. The molecule has 168 valence electrons. The molecule has 2 aliphatic rings. The third-order valence-corrected chi connectivity index (χ3v) is 8.29. The highest BCUT2D eigenvalue weighted by molar-refractivity contribution is 7.89. The van der Waals surface area contributed by atoms with Gasteiger partial charge in [-0.25, -0.2) is 8.42 Å². The predicted octanol–water partition coefficient (Wildman–Crippen LogP) is 3.60. The Morgan fingerprint density at radius 3 is 2.53 bits per heavy atom. The first kappa shape index (κ1) is 22.3. The first-order chi connectivity index (χ1) is 15.3. The zero-order chi connectivity index (χ0) is 22.9. The Morgan fingerprint density at radius 1 is 1.22 bits per heavy atom. The first-order valence-corrected chi connectivity index (χ1v) is 12.2. The minimum absolute atomic E-state index is 0.148. The van der Waals surface area contributed by atoms with Crippen molar-refractivity contribution < 1.29 is 17.9 Å². The number of piperidine rings is 1. The van der Waals surface area contributed by atoms with Crippen LogP contribution in [0, 0.1) is 24.2 Å². The Bertz CT molecular complexity index is 1160. The van der Waals surface area contributed by atoms with Gasteiger partial charge in [0, 0.05) is 18.8 Å². The number of rotatable bonds is 6. The minimum atomic E-state index is -3.70. The highest BCUT2D eigenvalue weighted by atomic mass is 32.2. The first-order valence-electron chi connectivity index (χ1n) is 10.8. The van der Waals surface area contributed by atoms with Crippen LogP contribution in [-0.2, 0) is 20.2 Å². The summed E-state index contributed by atoms with van der Waals surface area (Å²) in [6, 6.07) is 14.5. The number of nitriles is 1. The second-order valence-corrected chi connectivity index (χ2v) is 10.5. The maximum Gasteiger partial charge on any atom is 0.243 e. The molecule has 2 fully saturated rings. The van der Waals surface area contributed by atoms with Gasteiger partial charge in [-0.2, -0.15) is 9.57 Å². The van der Waals surface area contributed by atoms with Crippen molar-refractivity contribution in [3.05, 3.63) is 53.6 Å². The summed E-state index contributed by atoms with van der Waals surface area (Å²) in [6.45, 7) is 2.34. The Labute approximate surface area is 189 Å². The Balaban J connectivity index is 1.43. The second kappa shape index (κ2) is 8.57. The van der Waals surface area contributed by atoms with Gasteiger partial charge >= 0.3 is 0 Å². The highest BCUT2D eigenvalue weighted by Crippen LogP contribution is 2.47. The van der Waals surface area contributed by atoms with Gasteiger partial charge in [0.25, 0.3) is 0 Å². The van der Waals surface area contributed by atoms with Gasteiger partial charge in [0.2, 0.25) is 15.9 Å². The number of hydrogen-bond acceptors (Lipinski definition) is 5. The number of nitrogens with zero attached hydrogens (tertiary/aromatic N) is 2. The smallest absolute Gasteiger partial charge is 0.243 e. The van der Waals surface area contributed by atoms with Crippen molar-refractivity contribution in [1.82, 2.24) is 4.31 Å². The summed E-state index contributed by atoms with van der Waals surface area (Å²) in [7, 11) is -2.15. The van der Waals surface area contributed by atoms with E-state index in [4.69, 9.17) is 4.74 Å². The summed E-state index contributed by atoms with van der Waals surface area (Å²) >= 11 is 0. The van der Waals surface area contributed by atoms with Gasteiger partial charge in [0.15, 0.2) is 0 Å². The molecule has 7 nitrogen and oxygen atoms in total. The van der Waals surface area contributed by atoms with E-state index in [1.54, 1.807) is 32.2 Å². The van der Waals surface area contributed by atoms with Crippen molar-refractivity contribution >= 4 is 21.6 Å². The SMILES string of the molecule is COc1ccc(S(=O)(=O)N2CCC[C@H](C(=O)Nc3ccc(C4(C#N)CC4)cc3)C2)cc1C. The van der Waals surface area contributed by atoms with Gasteiger partial charge in [-0.15, -0.1) is 0 Å². The van der Waals surface area contributed by atoms with Crippen molar-refractivity contribution in [3.63, 3.8) is 0 Å². The van der Waals surface area contributed by atoms with Gasteiger partial charge in [0.1, 0.15) is 5.75 Å². The molecule has 0 radical (unpaired) electrons. The van der Waals surface area contributed by atoms with Crippen LogP contribution in [0.15, 0.2) is 47.4 Å². The number of benzene rings is 2. The summed E-state index contributed by atoms with van der Waals surface area (Å²) in [4.78, 5) is 13.1. The molecule has 1 aliphatic heterocycles. The van der Waals surface area contributed by atoms with E-state index < -0.39 is 15.9 Å². The Morgan fingerprint density at radius 2 is 1.94 bits per heavy atom. The van der Waals surface area contributed by atoms with Gasteiger partial charge in [-0.1, -0.05) is 12.1 Å². The molecule has 1 saturated carbocycles. The van der Waals surface area contributed by atoms with Gasteiger partial charge in [0.05, 0.1) is 29.4 Å². The van der Waals surface area contributed by atoms with Crippen LogP contribution in [0.3, 0.4) is 0 Å². The molecule has 2 aromatic carbocycles. The molecule has 0 unspecified atom stereocenters. The molecular formula is C24H27N3O4S. The Kier molecular flexibility index (Phi) is 5.97.